The van der Waals surface area contributed by atoms with Crippen LogP contribution in [0, 0.1) is 0 Å². The number of hydrogen-bond donors (Lipinski definition) is 2. The summed E-state index contributed by atoms with van der Waals surface area (Å²) in [5.74, 6) is -1.64. The van der Waals surface area contributed by atoms with Crippen LogP contribution in [0.2, 0.25) is 0 Å². The molecule has 0 saturated heterocycles. The molecule has 1 amide bonds. The van der Waals surface area contributed by atoms with Crippen molar-refractivity contribution < 1.29 is 23.0 Å². The number of nitrogens with zero attached hydrogens (tertiary/aromatic N) is 1. The van der Waals surface area contributed by atoms with Crippen molar-refractivity contribution in [1.82, 2.24) is 15.5 Å². The summed E-state index contributed by atoms with van der Waals surface area (Å²) in [6.45, 7) is 0.188. The number of H-pyrrole nitrogens is 1. The maximum absolute atomic E-state index is 13.2. The van der Waals surface area contributed by atoms with Gasteiger partial charge in [-0.2, -0.15) is 5.10 Å². The molecule has 4 rings (SSSR count). The number of halogens is 2. The summed E-state index contributed by atoms with van der Waals surface area (Å²) in [5, 5.41) is 9.63. The lowest BCUT2D eigenvalue weighted by molar-refractivity contribution is -0.0399. The minimum atomic E-state index is -2.61. The van der Waals surface area contributed by atoms with Gasteiger partial charge < -0.3 is 14.8 Å². The summed E-state index contributed by atoms with van der Waals surface area (Å²) >= 11 is 0. The zero-order valence-corrected chi connectivity index (χ0v) is 13.4. The van der Waals surface area contributed by atoms with Crippen LogP contribution in [-0.4, -0.2) is 34.9 Å². The third kappa shape index (κ3) is 3.29. The van der Waals surface area contributed by atoms with Crippen LogP contribution in [0.25, 0.3) is 11.3 Å². The molecular weight excluding hydrogens is 332 g/mol. The summed E-state index contributed by atoms with van der Waals surface area (Å²) in [6.07, 6.45) is 0.177. The molecule has 1 saturated carbocycles. The van der Waals surface area contributed by atoms with E-state index < -0.39 is 5.92 Å². The molecule has 2 aromatic rings. The largest absolute Gasteiger partial charge is 0.454 e. The number of carbonyl (C=O) groups is 1. The van der Waals surface area contributed by atoms with Crippen LogP contribution in [0.3, 0.4) is 0 Å². The maximum atomic E-state index is 13.2. The van der Waals surface area contributed by atoms with Gasteiger partial charge >= 0.3 is 0 Å². The number of carbonyl (C=O) groups excluding carboxylic acids is 1. The highest BCUT2D eigenvalue weighted by atomic mass is 19.3. The highest BCUT2D eigenvalue weighted by molar-refractivity contribution is 5.93. The topological polar surface area (TPSA) is 76.2 Å². The lowest BCUT2D eigenvalue weighted by Crippen LogP contribution is -2.40. The van der Waals surface area contributed by atoms with Gasteiger partial charge in [0.25, 0.3) is 5.91 Å². The van der Waals surface area contributed by atoms with Crippen LogP contribution in [0.15, 0.2) is 24.3 Å². The molecule has 1 fully saturated rings. The van der Waals surface area contributed by atoms with Crippen molar-refractivity contribution in [2.24, 2.45) is 0 Å². The second kappa shape index (κ2) is 6.02. The number of aromatic amines is 1. The van der Waals surface area contributed by atoms with Crippen LogP contribution in [0.1, 0.15) is 36.2 Å². The van der Waals surface area contributed by atoms with Gasteiger partial charge in [-0.25, -0.2) is 8.78 Å². The molecule has 8 heteroatoms. The van der Waals surface area contributed by atoms with Gasteiger partial charge in [0.15, 0.2) is 11.5 Å². The Balaban J connectivity index is 1.43. The Morgan fingerprint density at radius 1 is 1.20 bits per heavy atom. The number of rotatable bonds is 3. The molecule has 1 aliphatic heterocycles. The predicted molar refractivity (Wildman–Crippen MR) is 84.8 cm³/mol. The lowest BCUT2D eigenvalue weighted by atomic mass is 9.92. The van der Waals surface area contributed by atoms with Gasteiger partial charge in [0.1, 0.15) is 5.69 Å². The average molecular weight is 349 g/mol. The van der Waals surface area contributed by atoms with Crippen LogP contribution >= 0.6 is 0 Å². The number of amides is 1. The molecular formula is C17H17F2N3O3. The second-order valence-corrected chi connectivity index (χ2v) is 6.34. The molecule has 2 aliphatic rings. The molecule has 0 bridgehead atoms. The molecule has 2 heterocycles. The molecule has 0 radical (unpaired) electrons. The monoisotopic (exact) mass is 349 g/mol. The minimum absolute atomic E-state index is 0.188. The molecule has 6 nitrogen and oxygen atoms in total. The standard InChI is InChI=1S/C17H17F2N3O3/c18-17(19)5-3-11(4-6-17)20-16(23)13-8-12(21-22-13)10-1-2-14-15(7-10)25-9-24-14/h1-2,7-8,11H,3-6,9H2,(H,20,23)(H,21,22). The second-order valence-electron chi connectivity index (χ2n) is 6.34. The summed E-state index contributed by atoms with van der Waals surface area (Å²) < 4.78 is 36.9. The van der Waals surface area contributed by atoms with Gasteiger partial charge in [-0.15, -0.1) is 0 Å². The zero-order valence-electron chi connectivity index (χ0n) is 13.4. The Bertz CT molecular complexity index is 796. The Labute approximate surface area is 142 Å². The number of hydrogen-bond acceptors (Lipinski definition) is 4. The van der Waals surface area contributed by atoms with E-state index >= 15 is 0 Å². The van der Waals surface area contributed by atoms with Gasteiger partial charge in [0.2, 0.25) is 12.7 Å². The van der Waals surface area contributed by atoms with E-state index in [1.807, 2.05) is 6.07 Å². The number of nitrogens with one attached hydrogen (secondary N) is 2. The van der Waals surface area contributed by atoms with E-state index in [2.05, 4.69) is 15.5 Å². The number of aromatic nitrogens is 2. The van der Waals surface area contributed by atoms with Crippen LogP contribution in [0.5, 0.6) is 11.5 Å². The van der Waals surface area contributed by atoms with Crippen molar-refractivity contribution in [3.63, 3.8) is 0 Å². The summed E-state index contributed by atoms with van der Waals surface area (Å²) in [6, 6.07) is 6.81. The molecule has 1 aromatic heterocycles. The van der Waals surface area contributed by atoms with Crippen LogP contribution in [0.4, 0.5) is 8.78 Å². The summed E-state index contributed by atoms with van der Waals surface area (Å²) in [5.41, 5.74) is 1.68. The van der Waals surface area contributed by atoms with Gasteiger partial charge in [-0.1, -0.05) is 0 Å². The molecule has 25 heavy (non-hydrogen) atoms. The highest BCUT2D eigenvalue weighted by Crippen LogP contribution is 2.36. The van der Waals surface area contributed by atoms with Gasteiger partial charge in [0.05, 0.1) is 5.69 Å². The Morgan fingerprint density at radius 3 is 2.76 bits per heavy atom. The van der Waals surface area contributed by atoms with Gasteiger partial charge in [0, 0.05) is 24.4 Å². The third-order valence-corrected chi connectivity index (χ3v) is 4.54. The predicted octanol–water partition coefficient (Wildman–Crippen LogP) is 3.11. The first-order valence-corrected chi connectivity index (χ1v) is 8.14. The lowest BCUT2D eigenvalue weighted by Gasteiger charge is -2.28. The molecule has 1 aliphatic carbocycles. The van der Waals surface area contributed by atoms with Crippen molar-refractivity contribution in [1.29, 1.82) is 0 Å². The Morgan fingerprint density at radius 2 is 1.96 bits per heavy atom. The molecule has 0 unspecified atom stereocenters. The minimum Gasteiger partial charge on any atom is -0.454 e. The van der Waals surface area contributed by atoms with Crippen molar-refractivity contribution in [2.75, 3.05) is 6.79 Å². The fraction of sp³-hybridized carbons (Fsp3) is 0.412. The maximum Gasteiger partial charge on any atom is 0.269 e. The van der Waals surface area contributed by atoms with E-state index in [1.165, 1.54) is 0 Å². The van der Waals surface area contributed by atoms with Crippen molar-refractivity contribution >= 4 is 5.91 Å². The Hall–Kier alpha value is -2.64. The fourth-order valence-corrected chi connectivity index (χ4v) is 3.09. The van der Waals surface area contributed by atoms with E-state index in [1.54, 1.807) is 18.2 Å². The highest BCUT2D eigenvalue weighted by Gasteiger charge is 2.35. The van der Waals surface area contributed by atoms with Crippen molar-refractivity contribution in [2.45, 2.75) is 37.6 Å². The number of ether oxygens (including phenoxy) is 2. The molecule has 1 aromatic carbocycles. The number of benzene rings is 1. The van der Waals surface area contributed by atoms with E-state index in [-0.39, 0.29) is 44.4 Å². The third-order valence-electron chi connectivity index (χ3n) is 4.54. The summed E-state index contributed by atoms with van der Waals surface area (Å²) in [4.78, 5) is 12.3. The molecule has 0 atom stereocenters. The first-order valence-electron chi connectivity index (χ1n) is 8.14. The van der Waals surface area contributed by atoms with E-state index in [0.29, 0.717) is 22.9 Å². The van der Waals surface area contributed by atoms with Crippen molar-refractivity contribution in [3.8, 4) is 22.8 Å². The fourth-order valence-electron chi connectivity index (χ4n) is 3.09. The quantitative estimate of drug-likeness (QED) is 0.893. The van der Waals surface area contributed by atoms with E-state index in [4.69, 9.17) is 9.47 Å². The molecule has 2 N–H and O–H groups in total. The SMILES string of the molecule is O=C(NC1CCC(F)(F)CC1)c1cc(-c2ccc3c(c2)OCO3)n[nH]1. The number of fused-ring (bicyclic) bond motifs is 1. The smallest absolute Gasteiger partial charge is 0.269 e. The van der Waals surface area contributed by atoms with Crippen LogP contribution in [-0.2, 0) is 0 Å². The molecule has 0 spiro atoms. The average Bonchev–Trinajstić information content (AvgIpc) is 3.24. The van der Waals surface area contributed by atoms with E-state index in [0.717, 1.165) is 5.56 Å². The first-order chi connectivity index (χ1) is 12.0. The van der Waals surface area contributed by atoms with Crippen molar-refractivity contribution in [3.05, 3.63) is 30.0 Å². The normalized spacial score (nSPS) is 19.0. The van der Waals surface area contributed by atoms with Gasteiger partial charge in [-0.05, 0) is 37.1 Å². The number of alkyl halides is 2. The van der Waals surface area contributed by atoms with Gasteiger partial charge in [-0.3, -0.25) is 9.89 Å². The molecule has 132 valence electrons. The Kier molecular flexibility index (Phi) is 3.82. The first kappa shape index (κ1) is 15.9. The summed E-state index contributed by atoms with van der Waals surface area (Å²) in [7, 11) is 0. The van der Waals surface area contributed by atoms with Crippen LogP contribution < -0.4 is 14.8 Å². The van der Waals surface area contributed by atoms with E-state index in [9.17, 15) is 13.6 Å². The zero-order chi connectivity index (χ0) is 17.4.